The number of hydrogen-bond donors (Lipinski definition) is 1. The summed E-state index contributed by atoms with van der Waals surface area (Å²) in [6.07, 6.45) is 3.38. The molecular weight excluding hydrogens is 236 g/mol. The summed E-state index contributed by atoms with van der Waals surface area (Å²) in [4.78, 5) is 12.7. The monoisotopic (exact) mass is 254 g/mol. The van der Waals surface area contributed by atoms with Crippen LogP contribution >= 0.6 is 0 Å². The van der Waals surface area contributed by atoms with Crippen LogP contribution in [-0.2, 0) is 0 Å². The molecule has 0 saturated carbocycles. The van der Waals surface area contributed by atoms with Crippen LogP contribution < -0.4 is 5.32 Å². The van der Waals surface area contributed by atoms with Gasteiger partial charge >= 0.3 is 0 Å². The van der Waals surface area contributed by atoms with Gasteiger partial charge in [-0.25, -0.2) is 15.0 Å². The third-order valence-corrected chi connectivity index (χ3v) is 2.40. The van der Waals surface area contributed by atoms with Crippen molar-refractivity contribution in [3.63, 3.8) is 0 Å². The fourth-order valence-electron chi connectivity index (χ4n) is 1.61. The maximum atomic E-state index is 4.48. The Balaban J connectivity index is 0.000000639. The van der Waals surface area contributed by atoms with Crippen LogP contribution in [0.15, 0.2) is 54.9 Å². The SMILES string of the molecule is CC.[HH].c1cnc(Nc2ccc3ccccc3n2)nc1. The Morgan fingerprint density at radius 3 is 2.42 bits per heavy atom. The molecule has 0 fully saturated rings. The lowest BCUT2D eigenvalue weighted by molar-refractivity contribution is 1.15. The third kappa shape index (κ3) is 3.25. The zero-order valence-electron chi connectivity index (χ0n) is 11.0. The summed E-state index contributed by atoms with van der Waals surface area (Å²) in [6, 6.07) is 13.7. The molecule has 98 valence electrons. The van der Waals surface area contributed by atoms with Crippen molar-refractivity contribution in [1.29, 1.82) is 0 Å². The van der Waals surface area contributed by atoms with Crippen molar-refractivity contribution in [2.45, 2.75) is 13.8 Å². The molecular formula is C15H18N4. The molecule has 0 bridgehead atoms. The zero-order valence-corrected chi connectivity index (χ0v) is 11.0. The van der Waals surface area contributed by atoms with E-state index < -0.39 is 0 Å². The second-order valence-electron chi connectivity index (χ2n) is 3.59. The van der Waals surface area contributed by atoms with Gasteiger partial charge in [0, 0.05) is 19.2 Å². The van der Waals surface area contributed by atoms with Crippen molar-refractivity contribution < 1.29 is 1.43 Å². The van der Waals surface area contributed by atoms with E-state index in [1.54, 1.807) is 18.5 Å². The number of nitrogens with zero attached hydrogens (tertiary/aromatic N) is 3. The smallest absolute Gasteiger partial charge is 0.228 e. The lowest BCUT2D eigenvalue weighted by atomic mass is 10.2. The van der Waals surface area contributed by atoms with Gasteiger partial charge in [0.25, 0.3) is 0 Å². The summed E-state index contributed by atoms with van der Waals surface area (Å²) in [5.41, 5.74) is 0.952. The van der Waals surface area contributed by atoms with Gasteiger partial charge in [-0.1, -0.05) is 32.0 Å². The van der Waals surface area contributed by atoms with Gasteiger partial charge in [-0.3, -0.25) is 0 Å². The predicted octanol–water partition coefficient (Wildman–Crippen LogP) is 4.04. The number of pyridine rings is 1. The molecule has 0 atom stereocenters. The summed E-state index contributed by atoms with van der Waals surface area (Å²) in [5.74, 6) is 1.30. The van der Waals surface area contributed by atoms with E-state index in [2.05, 4.69) is 20.3 Å². The summed E-state index contributed by atoms with van der Waals surface area (Å²) in [5, 5.41) is 4.18. The molecule has 0 spiro atoms. The van der Waals surface area contributed by atoms with Crippen molar-refractivity contribution >= 4 is 22.7 Å². The van der Waals surface area contributed by atoms with Crippen LogP contribution in [0.5, 0.6) is 0 Å². The first-order chi connectivity index (χ1) is 9.42. The predicted molar refractivity (Wildman–Crippen MR) is 80.5 cm³/mol. The van der Waals surface area contributed by atoms with Crippen molar-refractivity contribution in [2.75, 3.05) is 5.32 Å². The average Bonchev–Trinajstić information content (AvgIpc) is 2.50. The molecule has 2 aromatic heterocycles. The highest BCUT2D eigenvalue weighted by Gasteiger charge is 1.99. The lowest BCUT2D eigenvalue weighted by Crippen LogP contribution is -1.97. The van der Waals surface area contributed by atoms with Crippen molar-refractivity contribution in [3.05, 3.63) is 54.9 Å². The minimum Gasteiger partial charge on any atom is -0.309 e. The topological polar surface area (TPSA) is 50.7 Å². The van der Waals surface area contributed by atoms with E-state index in [9.17, 15) is 0 Å². The van der Waals surface area contributed by atoms with Crippen LogP contribution in [0, 0.1) is 0 Å². The van der Waals surface area contributed by atoms with E-state index in [0.29, 0.717) is 5.95 Å². The number of aromatic nitrogens is 3. The number of hydrogen-bond acceptors (Lipinski definition) is 4. The Kier molecular flexibility index (Phi) is 4.39. The van der Waals surface area contributed by atoms with Crippen LogP contribution in [0.4, 0.5) is 11.8 Å². The summed E-state index contributed by atoms with van der Waals surface area (Å²) in [7, 11) is 0. The van der Waals surface area contributed by atoms with Gasteiger partial charge in [-0.15, -0.1) is 0 Å². The molecule has 1 N–H and O–H groups in total. The number of fused-ring (bicyclic) bond motifs is 1. The normalized spacial score (nSPS) is 9.58. The number of anilines is 2. The third-order valence-electron chi connectivity index (χ3n) is 2.40. The van der Waals surface area contributed by atoms with E-state index >= 15 is 0 Å². The Morgan fingerprint density at radius 1 is 0.895 bits per heavy atom. The van der Waals surface area contributed by atoms with Gasteiger partial charge in [0.2, 0.25) is 5.95 Å². The number of para-hydroxylation sites is 1. The minimum absolute atomic E-state index is 0. The van der Waals surface area contributed by atoms with Gasteiger partial charge in [-0.05, 0) is 24.3 Å². The molecule has 3 rings (SSSR count). The number of benzene rings is 1. The molecule has 1 aromatic carbocycles. The standard InChI is InChI=1S/C13H10N4.C2H6.H2/c1-2-5-11-10(4-1)6-7-12(16-11)17-13-14-8-3-9-15-13;1-2;/h1-9H,(H,14,15,16,17);1-2H3;1H. The fraction of sp³-hybridized carbons (Fsp3) is 0.133. The van der Waals surface area contributed by atoms with Crippen LogP contribution in [0.1, 0.15) is 15.3 Å². The molecule has 0 unspecified atom stereocenters. The van der Waals surface area contributed by atoms with Crippen LogP contribution in [-0.4, -0.2) is 15.0 Å². The van der Waals surface area contributed by atoms with Crippen molar-refractivity contribution in [3.8, 4) is 0 Å². The van der Waals surface area contributed by atoms with Crippen LogP contribution in [0.3, 0.4) is 0 Å². The van der Waals surface area contributed by atoms with Gasteiger partial charge in [0.1, 0.15) is 5.82 Å². The van der Waals surface area contributed by atoms with Gasteiger partial charge in [0.15, 0.2) is 0 Å². The highest BCUT2D eigenvalue weighted by molar-refractivity contribution is 5.80. The maximum Gasteiger partial charge on any atom is 0.228 e. The van der Waals surface area contributed by atoms with E-state index in [1.165, 1.54) is 0 Å². The molecule has 0 aliphatic heterocycles. The van der Waals surface area contributed by atoms with Crippen molar-refractivity contribution in [1.82, 2.24) is 15.0 Å². The molecule has 3 aromatic rings. The largest absolute Gasteiger partial charge is 0.309 e. The molecule has 2 heterocycles. The molecule has 0 radical (unpaired) electrons. The van der Waals surface area contributed by atoms with Crippen LogP contribution in [0.2, 0.25) is 0 Å². The van der Waals surface area contributed by atoms with E-state index in [-0.39, 0.29) is 1.43 Å². The number of nitrogens with one attached hydrogen (secondary N) is 1. The molecule has 0 aliphatic carbocycles. The minimum atomic E-state index is 0. The first-order valence-corrected chi connectivity index (χ1v) is 6.32. The molecule has 4 heteroatoms. The Bertz CT molecular complexity index is 643. The quantitative estimate of drug-likeness (QED) is 0.749. The van der Waals surface area contributed by atoms with Gasteiger partial charge in [-0.2, -0.15) is 0 Å². The Hall–Kier alpha value is -2.49. The molecule has 0 aliphatic rings. The lowest BCUT2D eigenvalue weighted by Gasteiger charge is -2.04. The number of rotatable bonds is 2. The average molecular weight is 254 g/mol. The highest BCUT2D eigenvalue weighted by Crippen LogP contribution is 2.16. The first-order valence-electron chi connectivity index (χ1n) is 6.32. The van der Waals surface area contributed by atoms with E-state index in [0.717, 1.165) is 16.7 Å². The summed E-state index contributed by atoms with van der Waals surface area (Å²) in [6.45, 7) is 4.00. The van der Waals surface area contributed by atoms with Gasteiger partial charge < -0.3 is 5.32 Å². The summed E-state index contributed by atoms with van der Waals surface area (Å²) < 4.78 is 0. The fourth-order valence-corrected chi connectivity index (χ4v) is 1.61. The molecule has 0 saturated heterocycles. The summed E-state index contributed by atoms with van der Waals surface area (Å²) >= 11 is 0. The maximum absolute atomic E-state index is 4.48. The molecule has 4 nitrogen and oxygen atoms in total. The Morgan fingerprint density at radius 2 is 1.63 bits per heavy atom. The first kappa shape index (κ1) is 13.0. The van der Waals surface area contributed by atoms with E-state index in [1.807, 2.05) is 50.2 Å². The second-order valence-corrected chi connectivity index (χ2v) is 3.59. The second kappa shape index (κ2) is 6.44. The van der Waals surface area contributed by atoms with Crippen LogP contribution in [0.25, 0.3) is 10.9 Å². The molecule has 0 amide bonds. The zero-order chi connectivity index (χ0) is 13.5. The van der Waals surface area contributed by atoms with Gasteiger partial charge in [0.05, 0.1) is 5.52 Å². The van der Waals surface area contributed by atoms with E-state index in [4.69, 9.17) is 0 Å². The van der Waals surface area contributed by atoms with Crippen molar-refractivity contribution in [2.24, 2.45) is 0 Å². The Labute approximate surface area is 114 Å². The molecule has 19 heavy (non-hydrogen) atoms. The highest BCUT2D eigenvalue weighted by atomic mass is 15.1.